The van der Waals surface area contributed by atoms with E-state index in [1.807, 2.05) is 12.1 Å². The Hall–Kier alpha value is -1.26. The van der Waals surface area contributed by atoms with E-state index in [1.54, 1.807) is 18.3 Å². The third-order valence-corrected chi connectivity index (χ3v) is 3.14. The van der Waals surface area contributed by atoms with E-state index in [-0.39, 0.29) is 11.9 Å². The molecule has 0 amide bonds. The van der Waals surface area contributed by atoms with Crippen LogP contribution in [0.5, 0.6) is 0 Å². The lowest BCUT2D eigenvalue weighted by Gasteiger charge is -2.11. The first-order chi connectivity index (χ1) is 8.63. The smallest absolute Gasteiger partial charge is 0.123 e. The highest BCUT2D eigenvalue weighted by Gasteiger charge is 2.06. The molecule has 2 N–H and O–H groups in total. The predicted octanol–water partition coefficient (Wildman–Crippen LogP) is 3.10. The van der Waals surface area contributed by atoms with Gasteiger partial charge >= 0.3 is 0 Å². The van der Waals surface area contributed by atoms with E-state index >= 15 is 0 Å². The second-order valence-corrected chi connectivity index (χ2v) is 5.18. The van der Waals surface area contributed by atoms with Crippen molar-refractivity contribution in [3.05, 3.63) is 64.1 Å². The zero-order valence-electron chi connectivity index (χ0n) is 9.81. The zero-order chi connectivity index (χ0) is 13.0. The number of benzene rings is 1. The number of rotatable bonds is 4. The number of hydrogen-bond acceptors (Lipinski definition) is 2. The van der Waals surface area contributed by atoms with Gasteiger partial charge in [0.25, 0.3) is 0 Å². The van der Waals surface area contributed by atoms with Crippen LogP contribution in [0, 0.1) is 5.82 Å². The molecule has 18 heavy (non-hydrogen) atoms. The lowest BCUT2D eigenvalue weighted by Crippen LogP contribution is -2.25. The molecule has 1 unspecified atom stereocenters. The van der Waals surface area contributed by atoms with E-state index < -0.39 is 0 Å². The maximum atomic E-state index is 12.8. The summed E-state index contributed by atoms with van der Waals surface area (Å²) in [7, 11) is 0. The molecule has 0 saturated carbocycles. The number of aromatic nitrogens is 1. The summed E-state index contributed by atoms with van der Waals surface area (Å²) in [6, 6.07) is 10.3. The van der Waals surface area contributed by atoms with Gasteiger partial charge in [-0.1, -0.05) is 12.1 Å². The first-order valence-corrected chi connectivity index (χ1v) is 6.53. The molecule has 1 aromatic heterocycles. The van der Waals surface area contributed by atoms with Crippen LogP contribution >= 0.6 is 15.9 Å². The van der Waals surface area contributed by atoms with E-state index in [2.05, 4.69) is 20.9 Å². The second kappa shape index (κ2) is 6.07. The Morgan fingerprint density at radius 1 is 1.11 bits per heavy atom. The Morgan fingerprint density at radius 3 is 2.44 bits per heavy atom. The SMILES string of the molecule is NC(Cc1ccc(F)cc1)Cc1ccc(Br)cn1. The van der Waals surface area contributed by atoms with Gasteiger partial charge in [-0.25, -0.2) is 4.39 Å². The standard InChI is InChI=1S/C14H14BrFN2/c15-11-3-6-14(18-9-11)8-13(17)7-10-1-4-12(16)5-2-10/h1-6,9,13H,7-8,17H2. The molecule has 0 saturated heterocycles. The van der Waals surface area contributed by atoms with Crippen molar-refractivity contribution in [1.82, 2.24) is 4.98 Å². The number of halogens is 2. The van der Waals surface area contributed by atoms with Gasteiger partial charge in [-0.05, 0) is 52.2 Å². The van der Waals surface area contributed by atoms with Crippen LogP contribution < -0.4 is 5.73 Å². The van der Waals surface area contributed by atoms with Crippen LogP contribution in [0.2, 0.25) is 0 Å². The number of pyridine rings is 1. The van der Waals surface area contributed by atoms with E-state index in [9.17, 15) is 4.39 Å². The zero-order valence-corrected chi connectivity index (χ0v) is 11.4. The Kier molecular flexibility index (Phi) is 4.44. The van der Waals surface area contributed by atoms with E-state index in [1.165, 1.54) is 12.1 Å². The van der Waals surface area contributed by atoms with Gasteiger partial charge in [-0.2, -0.15) is 0 Å². The molecule has 0 radical (unpaired) electrons. The van der Waals surface area contributed by atoms with E-state index in [4.69, 9.17) is 5.73 Å². The average Bonchev–Trinajstić information content (AvgIpc) is 2.35. The largest absolute Gasteiger partial charge is 0.327 e. The summed E-state index contributed by atoms with van der Waals surface area (Å²) in [5.41, 5.74) is 8.08. The van der Waals surface area contributed by atoms with Gasteiger partial charge < -0.3 is 5.73 Å². The summed E-state index contributed by atoms with van der Waals surface area (Å²) in [4.78, 5) is 4.29. The Labute approximate surface area is 114 Å². The van der Waals surface area contributed by atoms with Crippen molar-refractivity contribution in [1.29, 1.82) is 0 Å². The summed E-state index contributed by atoms with van der Waals surface area (Å²) < 4.78 is 13.7. The monoisotopic (exact) mass is 308 g/mol. The first-order valence-electron chi connectivity index (χ1n) is 5.74. The Balaban J connectivity index is 1.94. The molecule has 2 rings (SSSR count). The average molecular weight is 309 g/mol. The highest BCUT2D eigenvalue weighted by atomic mass is 79.9. The molecule has 0 fully saturated rings. The molecule has 0 aliphatic rings. The highest BCUT2D eigenvalue weighted by Crippen LogP contribution is 2.10. The van der Waals surface area contributed by atoms with Gasteiger partial charge in [0, 0.05) is 28.8 Å². The van der Waals surface area contributed by atoms with Crippen LogP contribution in [0.25, 0.3) is 0 Å². The van der Waals surface area contributed by atoms with Crippen LogP contribution in [0.1, 0.15) is 11.3 Å². The number of hydrogen-bond donors (Lipinski definition) is 1. The Morgan fingerprint density at radius 2 is 1.83 bits per heavy atom. The minimum Gasteiger partial charge on any atom is -0.327 e. The molecule has 0 bridgehead atoms. The van der Waals surface area contributed by atoms with Crippen molar-refractivity contribution in [2.24, 2.45) is 5.73 Å². The highest BCUT2D eigenvalue weighted by molar-refractivity contribution is 9.10. The summed E-state index contributed by atoms with van der Waals surface area (Å²) in [5, 5.41) is 0. The second-order valence-electron chi connectivity index (χ2n) is 4.26. The van der Waals surface area contributed by atoms with Crippen LogP contribution in [-0.2, 0) is 12.8 Å². The fourth-order valence-corrected chi connectivity index (χ4v) is 2.03. The molecular formula is C14H14BrFN2. The predicted molar refractivity (Wildman–Crippen MR) is 73.7 cm³/mol. The van der Waals surface area contributed by atoms with Crippen molar-refractivity contribution in [3.8, 4) is 0 Å². The van der Waals surface area contributed by atoms with E-state index in [0.717, 1.165) is 22.2 Å². The maximum absolute atomic E-state index is 12.8. The molecule has 1 atom stereocenters. The summed E-state index contributed by atoms with van der Waals surface area (Å²) in [6.07, 6.45) is 3.20. The van der Waals surface area contributed by atoms with Crippen LogP contribution in [0.15, 0.2) is 47.1 Å². The van der Waals surface area contributed by atoms with Crippen LogP contribution in [0.3, 0.4) is 0 Å². The van der Waals surface area contributed by atoms with Crippen LogP contribution in [0.4, 0.5) is 4.39 Å². The van der Waals surface area contributed by atoms with Gasteiger partial charge in [0.2, 0.25) is 0 Å². The maximum Gasteiger partial charge on any atom is 0.123 e. The van der Waals surface area contributed by atoms with Gasteiger partial charge in [-0.15, -0.1) is 0 Å². The molecule has 0 spiro atoms. The minimum atomic E-state index is -0.220. The molecule has 1 heterocycles. The molecule has 1 aromatic carbocycles. The third kappa shape index (κ3) is 3.89. The molecule has 4 heteroatoms. The normalized spacial score (nSPS) is 12.4. The molecule has 94 valence electrons. The lowest BCUT2D eigenvalue weighted by molar-refractivity contribution is 0.622. The van der Waals surface area contributed by atoms with Gasteiger partial charge in [0.05, 0.1) is 0 Å². The lowest BCUT2D eigenvalue weighted by atomic mass is 10.0. The molecule has 2 nitrogen and oxygen atoms in total. The molecular weight excluding hydrogens is 295 g/mol. The fourth-order valence-electron chi connectivity index (χ4n) is 1.79. The number of nitrogens with two attached hydrogens (primary N) is 1. The topological polar surface area (TPSA) is 38.9 Å². The summed E-state index contributed by atoms with van der Waals surface area (Å²) in [5.74, 6) is -0.220. The third-order valence-electron chi connectivity index (χ3n) is 2.67. The van der Waals surface area contributed by atoms with Gasteiger partial charge in [-0.3, -0.25) is 4.98 Å². The van der Waals surface area contributed by atoms with Crippen LogP contribution in [-0.4, -0.2) is 11.0 Å². The fraction of sp³-hybridized carbons (Fsp3) is 0.214. The van der Waals surface area contributed by atoms with Gasteiger partial charge in [0.1, 0.15) is 5.82 Å². The summed E-state index contributed by atoms with van der Waals surface area (Å²) >= 11 is 3.34. The molecule has 2 aromatic rings. The first kappa shape index (κ1) is 13.2. The van der Waals surface area contributed by atoms with Crippen molar-refractivity contribution >= 4 is 15.9 Å². The molecule has 0 aliphatic carbocycles. The van der Waals surface area contributed by atoms with Crippen molar-refractivity contribution in [3.63, 3.8) is 0 Å². The Bertz CT molecular complexity index is 449. The molecule has 0 aliphatic heterocycles. The van der Waals surface area contributed by atoms with E-state index in [0.29, 0.717) is 6.42 Å². The minimum absolute atomic E-state index is 0.0101. The van der Waals surface area contributed by atoms with Crippen molar-refractivity contribution in [2.45, 2.75) is 18.9 Å². The summed E-state index contributed by atoms with van der Waals surface area (Å²) in [6.45, 7) is 0. The van der Waals surface area contributed by atoms with Crippen molar-refractivity contribution in [2.75, 3.05) is 0 Å². The quantitative estimate of drug-likeness (QED) is 0.942. The number of nitrogens with zero attached hydrogens (tertiary/aromatic N) is 1. The van der Waals surface area contributed by atoms with Crippen molar-refractivity contribution < 1.29 is 4.39 Å². The van der Waals surface area contributed by atoms with Gasteiger partial charge in [0.15, 0.2) is 0 Å².